The second-order valence-electron chi connectivity index (χ2n) is 7.14. The van der Waals surface area contributed by atoms with Gasteiger partial charge in [0.05, 0.1) is 32.0 Å². The highest BCUT2D eigenvalue weighted by atomic mass is 16.5. The number of benzene rings is 1. The summed E-state index contributed by atoms with van der Waals surface area (Å²) in [5.41, 5.74) is 1.19. The molecule has 3 N–H and O–H groups in total. The summed E-state index contributed by atoms with van der Waals surface area (Å²) in [5.74, 6) is 1.37. The van der Waals surface area contributed by atoms with Gasteiger partial charge in [-0.25, -0.2) is 0 Å². The van der Waals surface area contributed by atoms with E-state index in [4.69, 9.17) is 9.47 Å². The molecule has 6 heteroatoms. The smallest absolute Gasteiger partial charge is 0.119 e. The highest BCUT2D eigenvalue weighted by molar-refractivity contribution is 5.27. The minimum absolute atomic E-state index is 0.00143. The molecule has 2 saturated heterocycles. The van der Waals surface area contributed by atoms with Gasteiger partial charge >= 0.3 is 0 Å². The summed E-state index contributed by atoms with van der Waals surface area (Å²) in [7, 11) is 0. The van der Waals surface area contributed by atoms with Crippen LogP contribution in [0.1, 0.15) is 18.4 Å². The summed E-state index contributed by atoms with van der Waals surface area (Å²) < 4.78 is 11.2. The molecule has 2 fully saturated rings. The van der Waals surface area contributed by atoms with Gasteiger partial charge < -0.3 is 24.8 Å². The number of hydrogen-bond acceptors (Lipinski definition) is 6. The van der Waals surface area contributed by atoms with E-state index in [9.17, 15) is 15.3 Å². The van der Waals surface area contributed by atoms with Crippen LogP contribution in [0.2, 0.25) is 0 Å². The van der Waals surface area contributed by atoms with Gasteiger partial charge in [-0.3, -0.25) is 4.90 Å². The van der Waals surface area contributed by atoms with Gasteiger partial charge in [0, 0.05) is 31.7 Å². The number of β-amino-alcohol motifs (C(OH)–C–C–N with tert-alkyl or cyclic N) is 1. The van der Waals surface area contributed by atoms with Gasteiger partial charge in [-0.15, -0.1) is 0 Å². The fraction of sp³-hybridized carbons (Fsp3) is 0.684. The first kappa shape index (κ1) is 18.6. The van der Waals surface area contributed by atoms with Crippen LogP contribution in [0.3, 0.4) is 0 Å². The van der Waals surface area contributed by atoms with Gasteiger partial charge in [0.1, 0.15) is 5.75 Å². The van der Waals surface area contributed by atoms with Gasteiger partial charge in [-0.2, -0.15) is 0 Å². The fourth-order valence-corrected chi connectivity index (χ4v) is 3.51. The third kappa shape index (κ3) is 5.15. The summed E-state index contributed by atoms with van der Waals surface area (Å²) in [6.07, 6.45) is 0.833. The lowest BCUT2D eigenvalue weighted by Gasteiger charge is -2.39. The molecule has 0 aromatic heterocycles. The second-order valence-corrected chi connectivity index (χ2v) is 7.14. The predicted molar refractivity (Wildman–Crippen MR) is 93.6 cm³/mol. The van der Waals surface area contributed by atoms with Crippen LogP contribution in [0.5, 0.6) is 5.75 Å². The van der Waals surface area contributed by atoms with Crippen molar-refractivity contribution in [3.63, 3.8) is 0 Å². The van der Waals surface area contributed by atoms with Crippen LogP contribution >= 0.6 is 0 Å². The van der Waals surface area contributed by atoms with E-state index in [1.165, 1.54) is 5.56 Å². The Hall–Kier alpha value is -1.18. The molecular weight excluding hydrogens is 322 g/mol. The molecule has 2 aliphatic heterocycles. The third-order valence-corrected chi connectivity index (χ3v) is 5.23. The molecule has 2 heterocycles. The molecule has 1 aromatic rings. The predicted octanol–water partition coefficient (Wildman–Crippen LogP) is 0.433. The van der Waals surface area contributed by atoms with E-state index in [0.29, 0.717) is 25.5 Å². The van der Waals surface area contributed by atoms with Gasteiger partial charge in [0.25, 0.3) is 0 Å². The number of hydrogen-bond donors (Lipinski definition) is 3. The lowest BCUT2D eigenvalue weighted by Crippen LogP contribution is -2.54. The lowest BCUT2D eigenvalue weighted by atomic mass is 9.97. The number of aliphatic hydroxyl groups excluding tert-OH is 3. The highest BCUT2D eigenvalue weighted by Crippen LogP contribution is 2.20. The van der Waals surface area contributed by atoms with E-state index in [2.05, 4.69) is 17.0 Å². The first-order valence-electron chi connectivity index (χ1n) is 9.16. The number of piperidine rings is 1. The quantitative estimate of drug-likeness (QED) is 0.661. The Kier molecular flexibility index (Phi) is 6.67. The molecule has 0 radical (unpaired) electrons. The normalized spacial score (nSPS) is 30.5. The Morgan fingerprint density at radius 1 is 1.16 bits per heavy atom. The van der Waals surface area contributed by atoms with Crippen LogP contribution in [0.4, 0.5) is 0 Å². The lowest BCUT2D eigenvalue weighted by molar-refractivity contribution is -0.0703. The SMILES string of the molecule is OC[C@H]1CC(O)[C@@H](O)CN1CCc1ccc(OCC2CCOC2)cc1. The molecule has 0 aliphatic carbocycles. The summed E-state index contributed by atoms with van der Waals surface area (Å²) in [5, 5.41) is 29.1. The van der Waals surface area contributed by atoms with Crippen molar-refractivity contribution in [1.82, 2.24) is 4.90 Å². The molecule has 6 nitrogen and oxygen atoms in total. The average Bonchev–Trinajstić information content (AvgIpc) is 3.15. The van der Waals surface area contributed by atoms with Gasteiger partial charge in [0.15, 0.2) is 0 Å². The van der Waals surface area contributed by atoms with Crippen LogP contribution in [-0.2, 0) is 11.2 Å². The molecule has 2 unspecified atom stereocenters. The highest BCUT2D eigenvalue weighted by Gasteiger charge is 2.32. The topological polar surface area (TPSA) is 82.4 Å². The van der Waals surface area contributed by atoms with Crippen LogP contribution in [0.15, 0.2) is 24.3 Å². The summed E-state index contributed by atoms with van der Waals surface area (Å²) in [6.45, 7) is 3.48. The largest absolute Gasteiger partial charge is 0.493 e. The number of nitrogens with zero attached hydrogens (tertiary/aromatic N) is 1. The minimum Gasteiger partial charge on any atom is -0.493 e. The zero-order chi connectivity index (χ0) is 17.6. The number of rotatable bonds is 7. The third-order valence-electron chi connectivity index (χ3n) is 5.23. The summed E-state index contributed by atoms with van der Waals surface area (Å²) >= 11 is 0. The maximum Gasteiger partial charge on any atom is 0.119 e. The van der Waals surface area contributed by atoms with Crippen molar-refractivity contribution in [2.24, 2.45) is 5.92 Å². The van der Waals surface area contributed by atoms with Crippen molar-refractivity contribution in [2.45, 2.75) is 37.5 Å². The Bertz CT molecular complexity index is 517. The second kappa shape index (κ2) is 8.96. The Labute approximate surface area is 149 Å². The first-order chi connectivity index (χ1) is 12.2. The molecule has 140 valence electrons. The Morgan fingerprint density at radius 2 is 1.96 bits per heavy atom. The maximum atomic E-state index is 9.85. The van der Waals surface area contributed by atoms with E-state index in [1.807, 2.05) is 12.1 Å². The van der Waals surface area contributed by atoms with Crippen molar-refractivity contribution >= 4 is 0 Å². The molecule has 2 aliphatic rings. The van der Waals surface area contributed by atoms with Gasteiger partial charge in [-0.1, -0.05) is 12.1 Å². The van der Waals surface area contributed by atoms with Gasteiger partial charge in [0.2, 0.25) is 0 Å². The fourth-order valence-electron chi connectivity index (χ4n) is 3.51. The zero-order valence-electron chi connectivity index (χ0n) is 14.6. The molecule has 0 bridgehead atoms. The number of likely N-dealkylation sites (tertiary alicyclic amines) is 1. The maximum absolute atomic E-state index is 9.85. The molecule has 0 saturated carbocycles. The summed E-state index contributed by atoms with van der Waals surface area (Å²) in [6, 6.07) is 8.01. The van der Waals surface area contributed by atoms with Crippen LogP contribution < -0.4 is 4.74 Å². The average molecular weight is 351 g/mol. The molecule has 25 heavy (non-hydrogen) atoms. The summed E-state index contributed by atoms with van der Waals surface area (Å²) in [4.78, 5) is 2.06. The van der Waals surface area contributed by atoms with E-state index >= 15 is 0 Å². The Morgan fingerprint density at radius 3 is 2.64 bits per heavy atom. The minimum atomic E-state index is -0.741. The van der Waals surface area contributed by atoms with E-state index in [1.54, 1.807) is 0 Å². The first-order valence-corrected chi connectivity index (χ1v) is 9.16. The van der Waals surface area contributed by atoms with Crippen LogP contribution in [0.25, 0.3) is 0 Å². The van der Waals surface area contributed by atoms with E-state index in [-0.39, 0.29) is 12.6 Å². The Balaban J connectivity index is 1.46. The number of ether oxygens (including phenoxy) is 2. The standard InChI is InChI=1S/C19H29NO5/c21-11-16-9-18(22)19(23)10-20(16)7-5-14-1-3-17(4-2-14)25-13-15-6-8-24-12-15/h1-4,15-16,18-19,21-23H,5-13H2/t15?,16-,18?,19+/m1/s1. The van der Waals surface area contributed by atoms with Crippen molar-refractivity contribution in [3.8, 4) is 5.75 Å². The molecule has 0 amide bonds. The molecular formula is C19H29NO5. The van der Waals surface area contributed by atoms with Crippen molar-refractivity contribution in [1.29, 1.82) is 0 Å². The van der Waals surface area contributed by atoms with E-state index < -0.39 is 12.2 Å². The molecule has 4 atom stereocenters. The van der Waals surface area contributed by atoms with Crippen molar-refractivity contribution in [3.05, 3.63) is 29.8 Å². The number of aliphatic hydroxyl groups is 3. The zero-order valence-corrected chi connectivity index (χ0v) is 14.6. The van der Waals surface area contributed by atoms with E-state index in [0.717, 1.165) is 38.3 Å². The molecule has 1 aromatic carbocycles. The molecule has 0 spiro atoms. The molecule has 3 rings (SSSR count). The monoisotopic (exact) mass is 351 g/mol. The van der Waals surface area contributed by atoms with Gasteiger partial charge in [-0.05, 0) is 37.0 Å². The van der Waals surface area contributed by atoms with Crippen LogP contribution in [0, 0.1) is 5.92 Å². The van der Waals surface area contributed by atoms with Crippen molar-refractivity contribution < 1.29 is 24.8 Å². The van der Waals surface area contributed by atoms with Crippen LogP contribution in [-0.4, -0.2) is 78.0 Å². The van der Waals surface area contributed by atoms with Crippen molar-refractivity contribution in [2.75, 3.05) is 39.5 Å².